The Morgan fingerprint density at radius 2 is 1.63 bits per heavy atom. The van der Waals surface area contributed by atoms with Gasteiger partial charge in [0.1, 0.15) is 11.6 Å². The van der Waals surface area contributed by atoms with E-state index in [0.29, 0.717) is 38.0 Å². The third kappa shape index (κ3) is 4.84. The summed E-state index contributed by atoms with van der Waals surface area (Å²) in [6.07, 6.45) is 1.56. The van der Waals surface area contributed by atoms with Gasteiger partial charge in [0.05, 0.1) is 12.3 Å². The summed E-state index contributed by atoms with van der Waals surface area (Å²) >= 11 is 0. The maximum Gasteiger partial charge on any atom is 0.305 e. The minimum absolute atomic E-state index is 0.131. The molecular weight excluding hydrogens is 376 g/mol. The van der Waals surface area contributed by atoms with Crippen LogP contribution in [-0.2, 0) is 16.1 Å². The van der Waals surface area contributed by atoms with Crippen LogP contribution in [-0.4, -0.2) is 17.1 Å². The summed E-state index contributed by atoms with van der Waals surface area (Å²) in [4.78, 5) is 24.8. The van der Waals surface area contributed by atoms with E-state index < -0.39 is 0 Å². The molecule has 3 aromatic rings. The third-order valence-electron chi connectivity index (χ3n) is 4.88. The molecule has 0 saturated carbocycles. The second-order valence-electron chi connectivity index (χ2n) is 6.88. The molecule has 0 N–H and O–H groups in total. The van der Waals surface area contributed by atoms with Crippen LogP contribution in [0.5, 0.6) is 0 Å². The lowest BCUT2D eigenvalue weighted by Gasteiger charge is -2.16. The monoisotopic (exact) mass is 400 g/mol. The van der Waals surface area contributed by atoms with Crippen molar-refractivity contribution in [1.82, 2.24) is 4.57 Å². The van der Waals surface area contributed by atoms with E-state index in [1.54, 1.807) is 11.5 Å². The number of rotatable bonds is 8. The number of aromatic nitrogens is 1. The number of esters is 1. The molecule has 5 heteroatoms. The lowest BCUT2D eigenvalue weighted by Crippen LogP contribution is -2.25. The first-order valence-corrected chi connectivity index (χ1v) is 10.1. The van der Waals surface area contributed by atoms with Crippen molar-refractivity contribution in [3.05, 3.63) is 82.6 Å². The van der Waals surface area contributed by atoms with Crippen molar-refractivity contribution >= 4 is 5.97 Å². The Bertz CT molecular complexity index is 1100. The van der Waals surface area contributed by atoms with E-state index in [1.165, 1.54) is 0 Å². The molecule has 2 aromatic carbocycles. The van der Waals surface area contributed by atoms with E-state index in [9.17, 15) is 14.9 Å². The van der Waals surface area contributed by atoms with Crippen molar-refractivity contribution < 1.29 is 9.53 Å². The molecule has 0 aliphatic heterocycles. The van der Waals surface area contributed by atoms with Gasteiger partial charge >= 0.3 is 5.97 Å². The molecule has 0 aliphatic rings. The molecule has 1 aromatic heterocycles. The van der Waals surface area contributed by atoms with Crippen LogP contribution in [0.2, 0.25) is 0 Å². The fourth-order valence-electron chi connectivity index (χ4n) is 3.44. The molecule has 1 heterocycles. The summed E-state index contributed by atoms with van der Waals surface area (Å²) in [5.74, 6) is -0.231. The van der Waals surface area contributed by atoms with Crippen LogP contribution in [0.25, 0.3) is 22.4 Å². The molecule has 0 fully saturated rings. The van der Waals surface area contributed by atoms with Crippen molar-refractivity contribution in [1.29, 1.82) is 5.26 Å². The topological polar surface area (TPSA) is 72.1 Å². The van der Waals surface area contributed by atoms with Crippen LogP contribution >= 0.6 is 0 Å². The highest BCUT2D eigenvalue weighted by Crippen LogP contribution is 2.27. The number of carbonyl (C=O) groups is 1. The molecule has 0 amide bonds. The standard InChI is InChI=1S/C25H24N2O3/c1-2-30-24(28)15-9-10-16-27-23(20-13-7-4-8-14-20)17-21(22(18-26)25(27)29)19-11-5-3-6-12-19/h3-8,11-14,17H,2,9-10,15-16H2,1H3. The third-order valence-corrected chi connectivity index (χ3v) is 4.88. The molecule has 152 valence electrons. The van der Waals surface area contributed by atoms with Gasteiger partial charge in [-0.1, -0.05) is 60.7 Å². The number of hydrogen-bond acceptors (Lipinski definition) is 4. The first-order valence-electron chi connectivity index (χ1n) is 10.1. The zero-order chi connectivity index (χ0) is 21.3. The van der Waals surface area contributed by atoms with Gasteiger partial charge in [0, 0.05) is 18.5 Å². The van der Waals surface area contributed by atoms with Gasteiger partial charge in [-0.15, -0.1) is 0 Å². The van der Waals surface area contributed by atoms with E-state index in [1.807, 2.05) is 66.7 Å². The minimum atomic E-state index is -0.311. The Hall–Kier alpha value is -3.65. The summed E-state index contributed by atoms with van der Waals surface area (Å²) in [5.41, 5.74) is 2.94. The molecule has 0 aliphatic carbocycles. The molecule has 3 rings (SSSR count). The van der Waals surface area contributed by atoms with Crippen molar-refractivity contribution in [2.45, 2.75) is 32.7 Å². The zero-order valence-electron chi connectivity index (χ0n) is 17.0. The molecular formula is C25H24N2O3. The fourth-order valence-corrected chi connectivity index (χ4v) is 3.44. The lowest BCUT2D eigenvalue weighted by atomic mass is 9.98. The largest absolute Gasteiger partial charge is 0.466 e. The summed E-state index contributed by atoms with van der Waals surface area (Å²) in [7, 11) is 0. The number of nitriles is 1. The van der Waals surface area contributed by atoms with Crippen molar-refractivity contribution in [3.8, 4) is 28.5 Å². The fraction of sp³-hybridized carbons (Fsp3) is 0.240. The van der Waals surface area contributed by atoms with Gasteiger partial charge in [-0.3, -0.25) is 9.59 Å². The average molecular weight is 400 g/mol. The van der Waals surface area contributed by atoms with Crippen LogP contribution in [0.1, 0.15) is 31.7 Å². The predicted octanol–water partition coefficient (Wildman–Crippen LogP) is 4.79. The minimum Gasteiger partial charge on any atom is -0.466 e. The van der Waals surface area contributed by atoms with Crippen LogP contribution < -0.4 is 5.56 Å². The number of hydrogen-bond donors (Lipinski definition) is 0. The normalized spacial score (nSPS) is 10.4. The van der Waals surface area contributed by atoms with Gasteiger partial charge in [0.25, 0.3) is 5.56 Å². The molecule has 5 nitrogen and oxygen atoms in total. The van der Waals surface area contributed by atoms with E-state index in [4.69, 9.17) is 4.74 Å². The highest BCUT2D eigenvalue weighted by Gasteiger charge is 2.17. The molecule has 30 heavy (non-hydrogen) atoms. The van der Waals surface area contributed by atoms with Crippen molar-refractivity contribution in [2.75, 3.05) is 6.61 Å². The Kier molecular flexibility index (Phi) is 7.18. The Labute approximate surface area is 176 Å². The first-order chi connectivity index (χ1) is 14.7. The van der Waals surface area contributed by atoms with Gasteiger partial charge in [0.15, 0.2) is 0 Å². The SMILES string of the molecule is CCOC(=O)CCCCn1c(-c2ccccc2)cc(-c2ccccc2)c(C#N)c1=O. The van der Waals surface area contributed by atoms with Gasteiger partial charge < -0.3 is 9.30 Å². The summed E-state index contributed by atoms with van der Waals surface area (Å²) in [6.45, 7) is 2.57. The average Bonchev–Trinajstić information content (AvgIpc) is 2.78. The van der Waals surface area contributed by atoms with Crippen molar-refractivity contribution in [2.24, 2.45) is 0 Å². The highest BCUT2D eigenvalue weighted by atomic mass is 16.5. The zero-order valence-corrected chi connectivity index (χ0v) is 17.0. The Morgan fingerprint density at radius 1 is 1.00 bits per heavy atom. The quantitative estimate of drug-likeness (QED) is 0.403. The van der Waals surface area contributed by atoms with Crippen LogP contribution in [0.3, 0.4) is 0 Å². The molecule has 0 radical (unpaired) electrons. The Morgan fingerprint density at radius 3 is 2.23 bits per heavy atom. The first kappa shape index (κ1) is 21.1. The van der Waals surface area contributed by atoms with E-state index in [0.717, 1.165) is 16.8 Å². The second kappa shape index (κ2) is 10.2. The van der Waals surface area contributed by atoms with E-state index in [2.05, 4.69) is 6.07 Å². The van der Waals surface area contributed by atoms with E-state index in [-0.39, 0.29) is 17.1 Å². The number of pyridine rings is 1. The smallest absolute Gasteiger partial charge is 0.305 e. The molecule has 0 spiro atoms. The number of nitrogens with zero attached hydrogens (tertiary/aromatic N) is 2. The summed E-state index contributed by atoms with van der Waals surface area (Å²) < 4.78 is 6.61. The molecule has 0 atom stereocenters. The molecule has 0 saturated heterocycles. The number of unbranched alkanes of at least 4 members (excludes halogenated alkanes) is 1. The van der Waals surface area contributed by atoms with Crippen LogP contribution in [0, 0.1) is 11.3 Å². The summed E-state index contributed by atoms with van der Waals surface area (Å²) in [5, 5.41) is 9.73. The van der Waals surface area contributed by atoms with Crippen molar-refractivity contribution in [3.63, 3.8) is 0 Å². The maximum absolute atomic E-state index is 13.3. The summed E-state index contributed by atoms with van der Waals surface area (Å²) in [6, 6.07) is 23.1. The number of carbonyl (C=O) groups excluding carboxylic acids is 1. The van der Waals surface area contributed by atoms with Gasteiger partial charge in [0.2, 0.25) is 0 Å². The predicted molar refractivity (Wildman–Crippen MR) is 117 cm³/mol. The molecule has 0 bridgehead atoms. The second-order valence-corrected chi connectivity index (χ2v) is 6.88. The Balaban J connectivity index is 2.01. The lowest BCUT2D eigenvalue weighted by molar-refractivity contribution is -0.143. The molecule has 0 unspecified atom stereocenters. The maximum atomic E-state index is 13.3. The number of benzene rings is 2. The van der Waals surface area contributed by atoms with Gasteiger partial charge in [-0.05, 0) is 37.0 Å². The van der Waals surface area contributed by atoms with Crippen LogP contribution in [0.15, 0.2) is 71.5 Å². The van der Waals surface area contributed by atoms with Gasteiger partial charge in [-0.2, -0.15) is 5.26 Å². The van der Waals surface area contributed by atoms with Gasteiger partial charge in [-0.25, -0.2) is 0 Å². The van der Waals surface area contributed by atoms with Crippen LogP contribution in [0.4, 0.5) is 0 Å². The highest BCUT2D eigenvalue weighted by molar-refractivity contribution is 5.75. The number of ether oxygens (including phenoxy) is 1. The van der Waals surface area contributed by atoms with E-state index >= 15 is 0 Å².